The molecular formula is C12H27NOS. The summed E-state index contributed by atoms with van der Waals surface area (Å²) in [5.41, 5.74) is 0. The quantitative estimate of drug-likeness (QED) is 0.684. The standard InChI is InChI=1S/C10H21NOS.C2H6/c1-9(2)5-4-6-10(12)11-7-8-13-3;1-2/h9H,4-8H2,1-3H3,(H,11,12);1-2H3. The molecule has 0 aliphatic carbocycles. The second-order valence-corrected chi connectivity index (χ2v) is 4.61. The molecule has 0 aromatic carbocycles. The molecule has 0 saturated heterocycles. The predicted molar refractivity (Wildman–Crippen MR) is 71.4 cm³/mol. The van der Waals surface area contributed by atoms with Crippen LogP contribution >= 0.6 is 11.8 Å². The summed E-state index contributed by atoms with van der Waals surface area (Å²) in [6.07, 6.45) is 4.90. The van der Waals surface area contributed by atoms with Gasteiger partial charge in [-0.3, -0.25) is 4.79 Å². The molecule has 15 heavy (non-hydrogen) atoms. The third kappa shape index (κ3) is 16.5. The summed E-state index contributed by atoms with van der Waals surface area (Å²) < 4.78 is 0. The van der Waals surface area contributed by atoms with Crippen LogP contribution in [0.25, 0.3) is 0 Å². The SMILES string of the molecule is CC.CSCCNC(=O)CCCC(C)C. The first-order chi connectivity index (χ1) is 7.16. The van der Waals surface area contributed by atoms with E-state index in [0.717, 1.165) is 25.1 Å². The van der Waals surface area contributed by atoms with Crippen LogP contribution in [0.4, 0.5) is 0 Å². The van der Waals surface area contributed by atoms with Crippen LogP contribution < -0.4 is 5.32 Å². The van der Waals surface area contributed by atoms with Crippen LogP contribution in [0.5, 0.6) is 0 Å². The summed E-state index contributed by atoms with van der Waals surface area (Å²) >= 11 is 1.76. The van der Waals surface area contributed by atoms with Gasteiger partial charge in [0.15, 0.2) is 0 Å². The third-order valence-corrected chi connectivity index (χ3v) is 2.43. The fraction of sp³-hybridized carbons (Fsp3) is 0.917. The van der Waals surface area contributed by atoms with Crippen LogP contribution in [0.2, 0.25) is 0 Å². The van der Waals surface area contributed by atoms with Gasteiger partial charge in [-0.05, 0) is 18.6 Å². The molecular weight excluding hydrogens is 206 g/mol. The lowest BCUT2D eigenvalue weighted by Crippen LogP contribution is -2.25. The lowest BCUT2D eigenvalue weighted by atomic mass is 10.1. The van der Waals surface area contributed by atoms with Crippen molar-refractivity contribution >= 4 is 17.7 Å². The van der Waals surface area contributed by atoms with Crippen LogP contribution in [0.1, 0.15) is 47.0 Å². The molecule has 0 aliphatic rings. The van der Waals surface area contributed by atoms with Gasteiger partial charge in [0, 0.05) is 18.7 Å². The molecule has 0 unspecified atom stereocenters. The van der Waals surface area contributed by atoms with Crippen molar-refractivity contribution < 1.29 is 4.79 Å². The molecule has 0 aromatic heterocycles. The van der Waals surface area contributed by atoms with Crippen molar-refractivity contribution in [1.82, 2.24) is 5.32 Å². The first-order valence-corrected chi connectivity index (χ1v) is 7.31. The fourth-order valence-electron chi connectivity index (χ4n) is 1.05. The minimum Gasteiger partial charge on any atom is -0.355 e. The van der Waals surface area contributed by atoms with Crippen molar-refractivity contribution in [2.24, 2.45) is 5.92 Å². The van der Waals surface area contributed by atoms with Gasteiger partial charge in [-0.15, -0.1) is 0 Å². The van der Waals surface area contributed by atoms with Crippen molar-refractivity contribution in [3.63, 3.8) is 0 Å². The van der Waals surface area contributed by atoms with Gasteiger partial charge in [0.2, 0.25) is 5.91 Å². The van der Waals surface area contributed by atoms with Crippen LogP contribution in [0.3, 0.4) is 0 Å². The van der Waals surface area contributed by atoms with E-state index < -0.39 is 0 Å². The number of thioether (sulfide) groups is 1. The van der Waals surface area contributed by atoms with E-state index in [0.29, 0.717) is 12.3 Å². The fourth-order valence-corrected chi connectivity index (χ4v) is 1.36. The van der Waals surface area contributed by atoms with E-state index in [4.69, 9.17) is 0 Å². The first kappa shape index (κ1) is 17.2. The van der Waals surface area contributed by atoms with Crippen molar-refractivity contribution in [3.8, 4) is 0 Å². The zero-order valence-corrected chi connectivity index (χ0v) is 11.7. The smallest absolute Gasteiger partial charge is 0.220 e. The molecule has 1 amide bonds. The van der Waals surface area contributed by atoms with Gasteiger partial charge in [-0.25, -0.2) is 0 Å². The molecule has 0 aliphatic heterocycles. The first-order valence-electron chi connectivity index (χ1n) is 5.92. The van der Waals surface area contributed by atoms with E-state index in [1.807, 2.05) is 20.1 Å². The largest absolute Gasteiger partial charge is 0.355 e. The maximum absolute atomic E-state index is 11.2. The van der Waals surface area contributed by atoms with Gasteiger partial charge in [-0.2, -0.15) is 11.8 Å². The Balaban J connectivity index is 0. The van der Waals surface area contributed by atoms with Crippen molar-refractivity contribution in [1.29, 1.82) is 0 Å². The van der Waals surface area contributed by atoms with Crippen molar-refractivity contribution in [3.05, 3.63) is 0 Å². The number of carbonyl (C=O) groups is 1. The number of amides is 1. The zero-order chi connectivity index (χ0) is 12.1. The van der Waals surface area contributed by atoms with Gasteiger partial charge in [0.25, 0.3) is 0 Å². The summed E-state index contributed by atoms with van der Waals surface area (Å²) in [5, 5.41) is 2.90. The highest BCUT2D eigenvalue weighted by atomic mass is 32.2. The molecule has 0 heterocycles. The average Bonchev–Trinajstić information content (AvgIpc) is 2.21. The molecule has 0 radical (unpaired) electrons. The summed E-state index contributed by atoms with van der Waals surface area (Å²) in [6, 6.07) is 0. The molecule has 0 spiro atoms. The number of hydrogen-bond donors (Lipinski definition) is 1. The van der Waals surface area contributed by atoms with Crippen LogP contribution in [0, 0.1) is 5.92 Å². The Kier molecular flexibility index (Phi) is 15.9. The van der Waals surface area contributed by atoms with Crippen LogP contribution in [-0.4, -0.2) is 24.5 Å². The summed E-state index contributed by atoms with van der Waals surface area (Å²) in [5.74, 6) is 1.92. The van der Waals surface area contributed by atoms with Crippen molar-refractivity contribution in [2.75, 3.05) is 18.6 Å². The Morgan fingerprint density at radius 2 is 1.93 bits per heavy atom. The molecule has 0 aromatic rings. The van der Waals surface area contributed by atoms with Gasteiger partial charge < -0.3 is 5.32 Å². The number of carbonyl (C=O) groups excluding carboxylic acids is 1. The highest BCUT2D eigenvalue weighted by Crippen LogP contribution is 2.05. The van der Waals surface area contributed by atoms with Gasteiger partial charge in [0.05, 0.1) is 0 Å². The number of rotatable bonds is 7. The molecule has 1 N–H and O–H groups in total. The summed E-state index contributed by atoms with van der Waals surface area (Å²) in [6.45, 7) is 9.18. The van der Waals surface area contributed by atoms with Gasteiger partial charge in [0.1, 0.15) is 0 Å². The van der Waals surface area contributed by atoms with E-state index in [9.17, 15) is 4.79 Å². The van der Waals surface area contributed by atoms with E-state index in [1.54, 1.807) is 11.8 Å². The lowest BCUT2D eigenvalue weighted by molar-refractivity contribution is -0.121. The summed E-state index contributed by atoms with van der Waals surface area (Å²) in [4.78, 5) is 11.2. The number of nitrogens with one attached hydrogen (secondary N) is 1. The summed E-state index contributed by atoms with van der Waals surface area (Å²) in [7, 11) is 0. The Labute approximate surface area is 99.6 Å². The third-order valence-electron chi connectivity index (χ3n) is 1.81. The van der Waals surface area contributed by atoms with Crippen LogP contribution in [0.15, 0.2) is 0 Å². The monoisotopic (exact) mass is 233 g/mol. The molecule has 3 heteroatoms. The van der Waals surface area contributed by atoms with E-state index in [-0.39, 0.29) is 5.91 Å². The lowest BCUT2D eigenvalue weighted by Gasteiger charge is -2.05. The second kappa shape index (κ2) is 13.8. The molecule has 0 bridgehead atoms. The molecule has 0 atom stereocenters. The van der Waals surface area contributed by atoms with E-state index >= 15 is 0 Å². The Morgan fingerprint density at radius 1 is 1.33 bits per heavy atom. The minimum absolute atomic E-state index is 0.203. The maximum atomic E-state index is 11.2. The Morgan fingerprint density at radius 3 is 2.40 bits per heavy atom. The van der Waals surface area contributed by atoms with E-state index in [1.165, 1.54) is 0 Å². The maximum Gasteiger partial charge on any atom is 0.220 e. The Hall–Kier alpha value is -0.180. The predicted octanol–water partition coefficient (Wildman–Crippen LogP) is 3.32. The zero-order valence-electron chi connectivity index (χ0n) is 10.9. The molecule has 0 rings (SSSR count). The van der Waals surface area contributed by atoms with Crippen LogP contribution in [-0.2, 0) is 4.79 Å². The molecule has 92 valence electrons. The minimum atomic E-state index is 0.203. The van der Waals surface area contributed by atoms with Gasteiger partial charge in [-0.1, -0.05) is 34.1 Å². The molecule has 2 nitrogen and oxygen atoms in total. The van der Waals surface area contributed by atoms with Gasteiger partial charge >= 0.3 is 0 Å². The topological polar surface area (TPSA) is 29.1 Å². The highest BCUT2D eigenvalue weighted by molar-refractivity contribution is 7.98. The molecule has 0 fully saturated rings. The highest BCUT2D eigenvalue weighted by Gasteiger charge is 2.00. The van der Waals surface area contributed by atoms with E-state index in [2.05, 4.69) is 19.2 Å². The number of hydrogen-bond acceptors (Lipinski definition) is 2. The second-order valence-electron chi connectivity index (χ2n) is 3.63. The normalized spacial score (nSPS) is 9.47. The molecule has 0 saturated carbocycles. The average molecular weight is 233 g/mol. The van der Waals surface area contributed by atoms with Crippen molar-refractivity contribution in [2.45, 2.75) is 47.0 Å². The Bertz CT molecular complexity index is 138.